The minimum atomic E-state index is 0.355. The van der Waals surface area contributed by atoms with Crippen molar-refractivity contribution in [3.63, 3.8) is 0 Å². The maximum absolute atomic E-state index is 5.63. The summed E-state index contributed by atoms with van der Waals surface area (Å²) >= 11 is 0. The number of nitrogen functional groups attached to an aromatic ring is 1. The van der Waals surface area contributed by atoms with E-state index in [-0.39, 0.29) is 0 Å². The molecule has 1 rings (SSSR count). The van der Waals surface area contributed by atoms with Crippen molar-refractivity contribution in [3.8, 4) is 0 Å². The highest BCUT2D eigenvalue weighted by Crippen LogP contribution is 2.17. The summed E-state index contributed by atoms with van der Waals surface area (Å²) in [5.41, 5.74) is 5.63. The summed E-state index contributed by atoms with van der Waals surface area (Å²) in [7, 11) is 0.775. The average molecular weight is 254 g/mol. The molecule has 1 heterocycles. The van der Waals surface area contributed by atoms with Crippen LogP contribution in [0.4, 0.5) is 11.8 Å². The van der Waals surface area contributed by atoms with Crippen LogP contribution in [0, 0.1) is 0 Å². The van der Waals surface area contributed by atoms with Gasteiger partial charge < -0.3 is 11.1 Å². The lowest BCUT2D eigenvalue weighted by Gasteiger charge is -2.10. The Morgan fingerprint density at radius 2 is 2.06 bits per heavy atom. The third kappa shape index (κ3) is 5.31. The van der Waals surface area contributed by atoms with E-state index in [1.54, 1.807) is 0 Å². The van der Waals surface area contributed by atoms with Crippen LogP contribution in [0.1, 0.15) is 39.5 Å². The monoisotopic (exact) mass is 254 g/mol. The highest BCUT2D eigenvalue weighted by atomic mass is 31.1. The summed E-state index contributed by atoms with van der Waals surface area (Å²) in [6, 6.07) is 0. The van der Waals surface area contributed by atoms with Gasteiger partial charge >= 0.3 is 0 Å². The first-order valence-electron chi connectivity index (χ1n) is 6.38. The van der Waals surface area contributed by atoms with Crippen LogP contribution in [0.15, 0.2) is 6.20 Å². The number of nitrogens with two attached hydrogens (primary N) is 1. The van der Waals surface area contributed by atoms with Gasteiger partial charge in [0.2, 0.25) is 5.95 Å². The Morgan fingerprint density at radius 1 is 1.29 bits per heavy atom. The third-order valence-electron chi connectivity index (χ3n) is 2.48. The first-order chi connectivity index (χ1) is 8.27. The summed E-state index contributed by atoms with van der Waals surface area (Å²) < 4.78 is 0. The van der Waals surface area contributed by atoms with Crippen molar-refractivity contribution in [1.29, 1.82) is 0 Å². The summed E-state index contributed by atoms with van der Waals surface area (Å²) in [4.78, 5) is 8.37. The fourth-order valence-electron chi connectivity index (χ4n) is 1.44. The van der Waals surface area contributed by atoms with E-state index in [4.69, 9.17) is 5.73 Å². The minimum absolute atomic E-state index is 0.355. The van der Waals surface area contributed by atoms with Gasteiger partial charge in [-0.15, -0.1) is 0 Å². The molecule has 0 aliphatic rings. The lowest BCUT2D eigenvalue weighted by atomic mass is 10.3. The number of rotatable bonds is 8. The zero-order valence-corrected chi connectivity index (χ0v) is 11.8. The molecule has 0 aromatic carbocycles. The van der Waals surface area contributed by atoms with Crippen molar-refractivity contribution in [2.75, 3.05) is 23.8 Å². The number of aromatic nitrogens is 2. The average Bonchev–Trinajstić information content (AvgIpc) is 2.32. The number of nitrogens with one attached hydrogen (secondary N) is 1. The molecule has 4 nitrogen and oxygen atoms in total. The predicted molar refractivity (Wildman–Crippen MR) is 77.6 cm³/mol. The standard InChI is InChI=1S/C12H23N4P/c1-3-5-7-14-11-10(17-8-6-4-2)9-15-12(13)16-11/h9,17H,3-8H2,1-2H3,(H3,13,14,15,16). The number of nitrogens with zero attached hydrogens (tertiary/aromatic N) is 2. The summed E-state index contributed by atoms with van der Waals surface area (Å²) in [5.74, 6) is 1.29. The van der Waals surface area contributed by atoms with Crippen molar-refractivity contribution >= 4 is 25.7 Å². The van der Waals surface area contributed by atoms with Crippen molar-refractivity contribution in [1.82, 2.24) is 9.97 Å². The van der Waals surface area contributed by atoms with Crippen molar-refractivity contribution in [2.45, 2.75) is 39.5 Å². The number of unbranched alkanes of at least 4 members (excludes halogenated alkanes) is 2. The predicted octanol–water partition coefficient (Wildman–Crippen LogP) is 2.37. The van der Waals surface area contributed by atoms with Crippen molar-refractivity contribution < 1.29 is 0 Å². The molecule has 0 aliphatic carbocycles. The Bertz CT molecular complexity index is 330. The normalized spacial score (nSPS) is 11.2. The summed E-state index contributed by atoms with van der Waals surface area (Å²) in [6.07, 6.45) is 7.91. The maximum atomic E-state index is 5.63. The fraction of sp³-hybridized carbons (Fsp3) is 0.667. The Morgan fingerprint density at radius 3 is 2.76 bits per heavy atom. The molecule has 1 aromatic heterocycles. The van der Waals surface area contributed by atoms with E-state index in [9.17, 15) is 0 Å². The molecule has 0 spiro atoms. The van der Waals surface area contributed by atoms with E-state index >= 15 is 0 Å². The van der Waals surface area contributed by atoms with E-state index in [2.05, 4.69) is 29.1 Å². The van der Waals surface area contributed by atoms with Gasteiger partial charge in [0, 0.05) is 18.0 Å². The molecule has 1 aromatic rings. The van der Waals surface area contributed by atoms with Crippen LogP contribution >= 0.6 is 8.58 Å². The van der Waals surface area contributed by atoms with Gasteiger partial charge in [0.05, 0.1) is 0 Å². The SMILES string of the molecule is CCCCNc1nc(N)ncc1PCCCC. The molecular formula is C12H23N4P. The highest BCUT2D eigenvalue weighted by molar-refractivity contribution is 7.47. The van der Waals surface area contributed by atoms with Gasteiger partial charge in [-0.3, -0.25) is 0 Å². The Kier molecular flexibility index (Phi) is 6.87. The quantitative estimate of drug-likeness (QED) is 0.552. The van der Waals surface area contributed by atoms with E-state index in [1.165, 1.54) is 30.7 Å². The largest absolute Gasteiger partial charge is 0.369 e. The summed E-state index contributed by atoms with van der Waals surface area (Å²) in [5, 5.41) is 4.57. The molecule has 5 heteroatoms. The number of hydrogen-bond acceptors (Lipinski definition) is 4. The van der Waals surface area contributed by atoms with E-state index in [0.29, 0.717) is 5.95 Å². The Balaban J connectivity index is 2.59. The molecule has 1 unspecified atom stereocenters. The van der Waals surface area contributed by atoms with E-state index in [1.807, 2.05) is 6.20 Å². The van der Waals surface area contributed by atoms with Crippen LogP contribution in [0.3, 0.4) is 0 Å². The fourth-order valence-corrected chi connectivity index (χ4v) is 2.71. The summed E-state index contributed by atoms with van der Waals surface area (Å²) in [6.45, 7) is 5.35. The van der Waals surface area contributed by atoms with Crippen molar-refractivity contribution in [2.24, 2.45) is 0 Å². The van der Waals surface area contributed by atoms with Crippen LogP contribution in [0.25, 0.3) is 0 Å². The molecule has 0 saturated carbocycles. The van der Waals surface area contributed by atoms with Gasteiger partial charge in [-0.2, -0.15) is 4.98 Å². The second-order valence-corrected chi connectivity index (χ2v) is 5.44. The maximum Gasteiger partial charge on any atom is 0.221 e. The molecule has 17 heavy (non-hydrogen) atoms. The zero-order chi connectivity index (χ0) is 12.5. The van der Waals surface area contributed by atoms with Gasteiger partial charge in [-0.05, 0) is 19.0 Å². The molecule has 1 atom stereocenters. The van der Waals surface area contributed by atoms with Gasteiger partial charge in [-0.1, -0.05) is 35.3 Å². The molecule has 0 fully saturated rings. The topological polar surface area (TPSA) is 63.8 Å². The first kappa shape index (κ1) is 14.2. The Labute approximate surface area is 106 Å². The lowest BCUT2D eigenvalue weighted by Crippen LogP contribution is -2.14. The number of hydrogen-bond donors (Lipinski definition) is 2. The molecule has 0 saturated heterocycles. The Hall–Kier alpha value is -0.890. The minimum Gasteiger partial charge on any atom is -0.369 e. The molecular weight excluding hydrogens is 231 g/mol. The molecule has 96 valence electrons. The first-order valence-corrected chi connectivity index (χ1v) is 7.58. The molecule has 0 aliphatic heterocycles. The molecule has 3 N–H and O–H groups in total. The van der Waals surface area contributed by atoms with Crippen LogP contribution < -0.4 is 16.4 Å². The zero-order valence-electron chi connectivity index (χ0n) is 10.8. The second-order valence-electron chi connectivity index (χ2n) is 4.05. The van der Waals surface area contributed by atoms with Gasteiger partial charge in [0.25, 0.3) is 0 Å². The molecule has 0 radical (unpaired) electrons. The van der Waals surface area contributed by atoms with Gasteiger partial charge in [0.1, 0.15) is 5.82 Å². The molecule has 0 bridgehead atoms. The van der Waals surface area contributed by atoms with Crippen LogP contribution in [0.2, 0.25) is 0 Å². The number of anilines is 2. The van der Waals surface area contributed by atoms with Gasteiger partial charge in [-0.25, -0.2) is 4.98 Å². The molecule has 0 amide bonds. The van der Waals surface area contributed by atoms with E-state index < -0.39 is 0 Å². The third-order valence-corrected chi connectivity index (χ3v) is 3.83. The van der Waals surface area contributed by atoms with Crippen LogP contribution in [0.5, 0.6) is 0 Å². The van der Waals surface area contributed by atoms with Crippen molar-refractivity contribution in [3.05, 3.63) is 6.20 Å². The smallest absolute Gasteiger partial charge is 0.221 e. The van der Waals surface area contributed by atoms with Gasteiger partial charge in [0.15, 0.2) is 0 Å². The van der Waals surface area contributed by atoms with Crippen LogP contribution in [-0.4, -0.2) is 22.7 Å². The van der Waals surface area contributed by atoms with Crippen LogP contribution in [-0.2, 0) is 0 Å². The lowest BCUT2D eigenvalue weighted by molar-refractivity contribution is 0.831. The highest BCUT2D eigenvalue weighted by Gasteiger charge is 2.05. The van der Waals surface area contributed by atoms with E-state index in [0.717, 1.165) is 27.4 Å². The second kappa shape index (κ2) is 8.24.